The van der Waals surface area contributed by atoms with E-state index < -0.39 is 62.1 Å². The molecule has 1 amide bonds. The van der Waals surface area contributed by atoms with Gasteiger partial charge in [0.1, 0.15) is 16.6 Å². The van der Waals surface area contributed by atoms with E-state index in [0.717, 1.165) is 18.2 Å². The van der Waals surface area contributed by atoms with E-state index in [4.69, 9.17) is 22.1 Å². The number of methoxy groups -OCH3 is 1. The fourth-order valence-corrected chi connectivity index (χ4v) is 6.91. The van der Waals surface area contributed by atoms with Crippen LogP contribution in [0.15, 0.2) is 23.1 Å². The van der Waals surface area contributed by atoms with E-state index >= 15 is 0 Å². The van der Waals surface area contributed by atoms with Crippen molar-refractivity contribution in [3.05, 3.63) is 29.0 Å². The molecule has 1 aromatic carbocycles. The summed E-state index contributed by atoms with van der Waals surface area (Å²) in [5, 5.41) is 17.9. The second-order valence-corrected chi connectivity index (χ2v) is 10.1. The van der Waals surface area contributed by atoms with Gasteiger partial charge in [0.2, 0.25) is 5.91 Å². The van der Waals surface area contributed by atoms with E-state index in [1.54, 1.807) is 6.07 Å². The number of rotatable bonds is 6. The SMILES string of the molecule is CO[C@H]1C[C@@H](S(=O)(=O)c2ccc(F)cc2Cl)C[C@]1(C(=O)O)C1CC1(C#N)C(N)=O. The Kier molecular flexibility index (Phi) is 5.14. The third-order valence-corrected chi connectivity index (χ3v) is 8.79. The molecule has 0 heterocycles. The van der Waals surface area contributed by atoms with Crippen LogP contribution in [0.4, 0.5) is 4.39 Å². The summed E-state index contributed by atoms with van der Waals surface area (Å²) >= 11 is 5.91. The van der Waals surface area contributed by atoms with Gasteiger partial charge in [-0.2, -0.15) is 5.26 Å². The first-order valence-electron chi connectivity index (χ1n) is 8.63. The highest BCUT2D eigenvalue weighted by Gasteiger charge is 2.75. The Morgan fingerprint density at radius 1 is 1.41 bits per heavy atom. The normalized spacial score (nSPS) is 33.8. The van der Waals surface area contributed by atoms with Crippen molar-refractivity contribution in [2.75, 3.05) is 7.11 Å². The minimum atomic E-state index is -4.14. The van der Waals surface area contributed by atoms with Gasteiger partial charge >= 0.3 is 5.97 Å². The number of aliphatic carboxylic acids is 1. The van der Waals surface area contributed by atoms with E-state index in [1.165, 1.54) is 7.11 Å². The van der Waals surface area contributed by atoms with Gasteiger partial charge in [-0.1, -0.05) is 11.6 Å². The van der Waals surface area contributed by atoms with Gasteiger partial charge in [0, 0.05) is 13.0 Å². The van der Waals surface area contributed by atoms with Crippen molar-refractivity contribution in [2.45, 2.75) is 35.5 Å². The van der Waals surface area contributed by atoms with E-state index in [9.17, 15) is 32.8 Å². The molecule has 0 radical (unpaired) electrons. The van der Waals surface area contributed by atoms with Crippen LogP contribution in [0.25, 0.3) is 0 Å². The quantitative estimate of drug-likeness (QED) is 0.632. The van der Waals surface area contributed by atoms with Crippen molar-refractivity contribution < 1.29 is 32.2 Å². The number of hydrogen-bond acceptors (Lipinski definition) is 6. The molecule has 29 heavy (non-hydrogen) atoms. The predicted molar refractivity (Wildman–Crippen MR) is 97.8 cm³/mol. The summed E-state index contributed by atoms with van der Waals surface area (Å²) in [6.07, 6.45) is -1.73. The number of nitrogens with two attached hydrogens (primary N) is 1. The lowest BCUT2D eigenvalue weighted by Gasteiger charge is -2.31. The highest BCUT2D eigenvalue weighted by molar-refractivity contribution is 7.92. The monoisotopic (exact) mass is 444 g/mol. The molecule has 3 rings (SSSR count). The zero-order chi connectivity index (χ0) is 21.8. The summed E-state index contributed by atoms with van der Waals surface area (Å²) in [5.74, 6) is -4.01. The molecule has 11 heteroatoms. The highest BCUT2D eigenvalue weighted by Crippen LogP contribution is 2.66. The summed E-state index contributed by atoms with van der Waals surface area (Å²) in [6, 6.07) is 4.62. The van der Waals surface area contributed by atoms with Crippen molar-refractivity contribution in [1.82, 2.24) is 0 Å². The number of hydrogen-bond donors (Lipinski definition) is 2. The molecule has 2 saturated carbocycles. The van der Waals surface area contributed by atoms with Crippen LogP contribution < -0.4 is 5.73 Å². The summed E-state index contributed by atoms with van der Waals surface area (Å²) in [6.45, 7) is 0. The molecule has 5 atom stereocenters. The lowest BCUT2D eigenvalue weighted by Crippen LogP contribution is -2.44. The number of carboxylic acid groups (broad SMARTS) is 1. The second-order valence-electron chi connectivity index (χ2n) is 7.46. The van der Waals surface area contributed by atoms with Crippen LogP contribution in [0.5, 0.6) is 0 Å². The average molecular weight is 445 g/mol. The van der Waals surface area contributed by atoms with Crippen LogP contribution in [-0.4, -0.2) is 43.9 Å². The van der Waals surface area contributed by atoms with E-state index in [1.807, 2.05) is 0 Å². The summed E-state index contributed by atoms with van der Waals surface area (Å²) in [5.41, 5.74) is 1.86. The topological polar surface area (TPSA) is 148 Å². The Morgan fingerprint density at radius 3 is 2.52 bits per heavy atom. The molecule has 0 aliphatic heterocycles. The number of benzene rings is 1. The third-order valence-electron chi connectivity index (χ3n) is 6.16. The predicted octanol–water partition coefficient (Wildman–Crippen LogP) is 1.52. The molecule has 0 spiro atoms. The number of primary amides is 1. The third kappa shape index (κ3) is 2.99. The van der Waals surface area contributed by atoms with Gasteiger partial charge in [-0.3, -0.25) is 9.59 Å². The molecule has 2 fully saturated rings. The maximum Gasteiger partial charge on any atom is 0.312 e. The molecule has 2 aliphatic rings. The maximum absolute atomic E-state index is 13.3. The van der Waals surface area contributed by atoms with Crippen molar-refractivity contribution >= 4 is 33.3 Å². The molecule has 2 aliphatic carbocycles. The molecule has 8 nitrogen and oxygen atoms in total. The molecule has 3 N–H and O–H groups in total. The summed E-state index contributed by atoms with van der Waals surface area (Å²) in [4.78, 5) is 23.8. The molecular formula is C18H18ClFN2O6S. The van der Waals surface area contributed by atoms with Crippen LogP contribution in [0.3, 0.4) is 0 Å². The first kappa shape index (κ1) is 21.5. The van der Waals surface area contributed by atoms with Crippen LogP contribution in [0.2, 0.25) is 5.02 Å². The molecule has 0 bridgehead atoms. The van der Waals surface area contributed by atoms with Gasteiger partial charge in [0.05, 0.1) is 27.3 Å². The van der Waals surface area contributed by atoms with E-state index in [-0.39, 0.29) is 22.8 Å². The second kappa shape index (κ2) is 6.93. The number of carbonyl (C=O) groups excluding carboxylic acids is 1. The van der Waals surface area contributed by atoms with Crippen LogP contribution in [0, 0.1) is 33.9 Å². The van der Waals surface area contributed by atoms with Gasteiger partial charge in [0.25, 0.3) is 0 Å². The Hall–Kier alpha value is -2.22. The van der Waals surface area contributed by atoms with Crippen LogP contribution in [-0.2, 0) is 24.2 Å². The van der Waals surface area contributed by atoms with E-state index in [2.05, 4.69) is 0 Å². The largest absolute Gasteiger partial charge is 0.481 e. The molecule has 1 aromatic rings. The Balaban J connectivity index is 2.05. The lowest BCUT2D eigenvalue weighted by molar-refractivity contribution is -0.159. The minimum Gasteiger partial charge on any atom is -0.481 e. The first-order valence-corrected chi connectivity index (χ1v) is 10.6. The number of amides is 1. The summed E-state index contributed by atoms with van der Waals surface area (Å²) < 4.78 is 44.9. The number of carboxylic acids is 1. The van der Waals surface area contributed by atoms with E-state index in [0.29, 0.717) is 0 Å². The molecule has 156 valence electrons. The van der Waals surface area contributed by atoms with Crippen molar-refractivity contribution in [2.24, 2.45) is 22.5 Å². The van der Waals surface area contributed by atoms with Gasteiger partial charge in [-0.15, -0.1) is 0 Å². The molecular weight excluding hydrogens is 427 g/mol. The Labute approximate surface area is 171 Å². The maximum atomic E-state index is 13.3. The molecule has 2 unspecified atom stereocenters. The number of halogens is 2. The zero-order valence-corrected chi connectivity index (χ0v) is 16.8. The highest BCUT2D eigenvalue weighted by atomic mass is 35.5. The standard InChI is InChI=1S/C18H18ClFN2O6S/c1-28-14-5-10(29(26,27)12-3-2-9(20)4-11(12)19)6-18(14,16(24)25)13-7-17(13,8-21)15(22)23/h2-4,10,13-14H,5-7H2,1H3,(H2,22,23)(H,24,25)/t10-,13?,14+,17?,18+/m1/s1. The molecule has 0 aromatic heterocycles. The van der Waals surface area contributed by atoms with Crippen molar-refractivity contribution in [3.63, 3.8) is 0 Å². The van der Waals surface area contributed by atoms with Gasteiger partial charge < -0.3 is 15.6 Å². The fourth-order valence-electron chi connectivity index (χ4n) is 4.55. The molecule has 0 saturated heterocycles. The first-order chi connectivity index (χ1) is 13.5. The van der Waals surface area contributed by atoms with Gasteiger partial charge in [0.15, 0.2) is 9.84 Å². The number of nitrogens with zero attached hydrogens (tertiary/aromatic N) is 1. The number of carbonyl (C=O) groups is 2. The number of ether oxygens (including phenoxy) is 1. The Bertz CT molecular complexity index is 1040. The van der Waals surface area contributed by atoms with Gasteiger partial charge in [-0.05, 0) is 37.5 Å². The minimum absolute atomic E-state index is 0.0882. The smallest absolute Gasteiger partial charge is 0.312 e. The lowest BCUT2D eigenvalue weighted by atomic mass is 9.75. The van der Waals surface area contributed by atoms with Gasteiger partial charge in [-0.25, -0.2) is 12.8 Å². The van der Waals surface area contributed by atoms with Crippen molar-refractivity contribution in [3.8, 4) is 6.07 Å². The zero-order valence-electron chi connectivity index (χ0n) is 15.3. The number of sulfone groups is 1. The van der Waals surface area contributed by atoms with Crippen molar-refractivity contribution in [1.29, 1.82) is 5.26 Å². The number of nitriles is 1. The van der Waals surface area contributed by atoms with Crippen LogP contribution in [0.1, 0.15) is 19.3 Å². The Morgan fingerprint density at radius 2 is 2.07 bits per heavy atom. The summed E-state index contributed by atoms with van der Waals surface area (Å²) in [7, 11) is -2.91. The van der Waals surface area contributed by atoms with Crippen LogP contribution >= 0.6 is 11.6 Å². The average Bonchev–Trinajstić information content (AvgIpc) is 3.26. The fraction of sp³-hybridized carbons (Fsp3) is 0.500.